The average molecular weight is 431 g/mol. The standard InChI is InChI=1S/C27H42O4/c1-16(15-28)5-8-23(30)17(2)25-24(31)14-22-20-7-6-18-13-19(29)9-11-26(18,3)21(20)10-12-27(22,25)4/h6,16-17,19-22,25,28-29H,5,7-15H2,1-4H3/t16-,17+,19-,20+,21-,22-,25-,26-,27-/m0/s1. The summed E-state index contributed by atoms with van der Waals surface area (Å²) in [6.45, 7) is 8.77. The summed E-state index contributed by atoms with van der Waals surface area (Å²) < 4.78 is 0. The van der Waals surface area contributed by atoms with Crippen LogP contribution in [0.15, 0.2) is 11.6 Å². The fourth-order valence-corrected chi connectivity index (χ4v) is 8.22. The van der Waals surface area contributed by atoms with Gasteiger partial charge in [-0.25, -0.2) is 0 Å². The number of hydrogen-bond acceptors (Lipinski definition) is 4. The molecule has 4 heteroatoms. The van der Waals surface area contributed by atoms with E-state index >= 15 is 0 Å². The molecule has 0 heterocycles. The molecule has 3 saturated carbocycles. The molecule has 0 aromatic carbocycles. The van der Waals surface area contributed by atoms with Gasteiger partial charge in [0.2, 0.25) is 0 Å². The lowest BCUT2D eigenvalue weighted by molar-refractivity contribution is -0.134. The molecule has 0 aromatic rings. The van der Waals surface area contributed by atoms with E-state index < -0.39 is 0 Å². The number of Topliss-reactive ketones (excluding diaryl/α,β-unsaturated/α-hetero) is 2. The maximum atomic E-state index is 13.3. The Morgan fingerprint density at radius 3 is 2.61 bits per heavy atom. The van der Waals surface area contributed by atoms with Crippen LogP contribution in [0.3, 0.4) is 0 Å². The van der Waals surface area contributed by atoms with Crippen LogP contribution in [0.1, 0.15) is 85.5 Å². The van der Waals surface area contributed by atoms with Crippen LogP contribution in [0.25, 0.3) is 0 Å². The van der Waals surface area contributed by atoms with E-state index in [0.29, 0.717) is 42.8 Å². The van der Waals surface area contributed by atoms with Crippen LogP contribution < -0.4 is 0 Å². The van der Waals surface area contributed by atoms with Crippen molar-refractivity contribution in [2.75, 3.05) is 6.61 Å². The van der Waals surface area contributed by atoms with Gasteiger partial charge in [-0.15, -0.1) is 0 Å². The number of carbonyl (C=O) groups excluding carboxylic acids is 2. The van der Waals surface area contributed by atoms with Gasteiger partial charge in [-0.2, -0.15) is 0 Å². The molecule has 2 N–H and O–H groups in total. The molecule has 0 spiro atoms. The SMILES string of the molecule is C[C@H](CO)CCC(=O)[C@@H](C)[C@H]1C(=O)C[C@H]2[C@@H]3CC=C4C[C@@H](O)CC[C@]4(C)[C@H]3CC[C@]12C. The molecule has 3 fully saturated rings. The fraction of sp³-hybridized carbons (Fsp3) is 0.852. The maximum Gasteiger partial charge on any atom is 0.137 e. The molecule has 4 aliphatic rings. The number of carbonyl (C=O) groups is 2. The summed E-state index contributed by atoms with van der Waals surface area (Å²) in [6.07, 6.45) is 9.96. The minimum atomic E-state index is -0.222. The van der Waals surface area contributed by atoms with Crippen molar-refractivity contribution < 1.29 is 19.8 Å². The average Bonchev–Trinajstić information content (AvgIpc) is 3.01. The maximum absolute atomic E-state index is 13.3. The number of rotatable bonds is 6. The molecule has 0 radical (unpaired) electrons. The second-order valence-electron chi connectivity index (χ2n) is 11.9. The number of ketones is 2. The van der Waals surface area contributed by atoms with Gasteiger partial charge in [0.05, 0.1) is 6.10 Å². The summed E-state index contributed by atoms with van der Waals surface area (Å²) in [5.41, 5.74) is 1.55. The molecule has 4 rings (SSSR count). The van der Waals surface area contributed by atoms with E-state index in [9.17, 15) is 19.8 Å². The highest BCUT2D eigenvalue weighted by Gasteiger charge is 2.62. The Labute approximate surface area is 187 Å². The lowest BCUT2D eigenvalue weighted by Gasteiger charge is -2.58. The van der Waals surface area contributed by atoms with E-state index in [1.165, 1.54) is 5.57 Å². The highest BCUT2D eigenvalue weighted by Crippen LogP contribution is 2.66. The van der Waals surface area contributed by atoms with Crippen molar-refractivity contribution in [1.29, 1.82) is 0 Å². The van der Waals surface area contributed by atoms with Gasteiger partial charge in [-0.05, 0) is 79.4 Å². The van der Waals surface area contributed by atoms with Crippen molar-refractivity contribution in [2.45, 2.75) is 91.6 Å². The zero-order valence-corrected chi connectivity index (χ0v) is 19.9. The molecule has 0 unspecified atom stereocenters. The Morgan fingerprint density at radius 1 is 1.16 bits per heavy atom. The van der Waals surface area contributed by atoms with Crippen molar-refractivity contribution >= 4 is 11.6 Å². The zero-order chi connectivity index (χ0) is 22.6. The van der Waals surface area contributed by atoms with Crippen molar-refractivity contribution in [3.05, 3.63) is 11.6 Å². The highest BCUT2D eigenvalue weighted by molar-refractivity contribution is 5.92. The second-order valence-corrected chi connectivity index (χ2v) is 11.9. The molecule has 0 aliphatic heterocycles. The summed E-state index contributed by atoms with van der Waals surface area (Å²) >= 11 is 0. The molecule has 0 saturated heterocycles. The molecule has 31 heavy (non-hydrogen) atoms. The van der Waals surface area contributed by atoms with Crippen molar-refractivity contribution in [2.24, 2.45) is 46.3 Å². The van der Waals surface area contributed by atoms with Crippen LogP contribution in [-0.4, -0.2) is 34.5 Å². The van der Waals surface area contributed by atoms with Gasteiger partial charge in [0.1, 0.15) is 11.6 Å². The van der Waals surface area contributed by atoms with Gasteiger partial charge in [-0.1, -0.05) is 39.3 Å². The van der Waals surface area contributed by atoms with Gasteiger partial charge in [0.15, 0.2) is 0 Å². The lowest BCUT2D eigenvalue weighted by atomic mass is 9.47. The third-order valence-corrected chi connectivity index (χ3v) is 10.2. The molecular formula is C27H42O4. The zero-order valence-electron chi connectivity index (χ0n) is 19.9. The van der Waals surface area contributed by atoms with Gasteiger partial charge in [-0.3, -0.25) is 9.59 Å². The first-order valence-corrected chi connectivity index (χ1v) is 12.7. The number of aliphatic hydroxyl groups is 2. The normalized spacial score (nSPS) is 44.0. The smallest absolute Gasteiger partial charge is 0.137 e. The number of hydrogen-bond donors (Lipinski definition) is 2. The van der Waals surface area contributed by atoms with E-state index in [1.807, 2.05) is 13.8 Å². The fourth-order valence-electron chi connectivity index (χ4n) is 8.22. The number of aliphatic hydroxyl groups excluding tert-OH is 2. The van der Waals surface area contributed by atoms with Gasteiger partial charge in [0.25, 0.3) is 0 Å². The summed E-state index contributed by atoms with van der Waals surface area (Å²) in [5, 5.41) is 19.5. The minimum absolute atomic E-state index is 0.0776. The molecule has 174 valence electrons. The van der Waals surface area contributed by atoms with E-state index in [4.69, 9.17) is 0 Å². The van der Waals surface area contributed by atoms with Gasteiger partial charge in [0, 0.05) is 31.3 Å². The Balaban J connectivity index is 1.54. The van der Waals surface area contributed by atoms with Crippen LogP contribution in [0.5, 0.6) is 0 Å². The Hall–Kier alpha value is -1.00. The Kier molecular flexibility index (Phi) is 6.28. The quantitative estimate of drug-likeness (QED) is 0.598. The van der Waals surface area contributed by atoms with Gasteiger partial charge >= 0.3 is 0 Å². The third kappa shape index (κ3) is 3.76. The summed E-state index contributed by atoms with van der Waals surface area (Å²) in [7, 11) is 0. The lowest BCUT2D eigenvalue weighted by Crippen LogP contribution is -2.51. The monoisotopic (exact) mass is 430 g/mol. The number of fused-ring (bicyclic) bond motifs is 5. The molecule has 4 aliphatic carbocycles. The Morgan fingerprint density at radius 2 is 1.90 bits per heavy atom. The molecule has 0 bridgehead atoms. The molecule has 9 atom stereocenters. The first-order valence-electron chi connectivity index (χ1n) is 12.7. The molecular weight excluding hydrogens is 388 g/mol. The Bertz CT molecular complexity index is 756. The van der Waals surface area contributed by atoms with Crippen LogP contribution in [-0.2, 0) is 9.59 Å². The van der Waals surface area contributed by atoms with Crippen LogP contribution >= 0.6 is 0 Å². The predicted octanol–water partition coefficient (Wildman–Crippen LogP) is 4.72. The van der Waals surface area contributed by atoms with E-state index in [0.717, 1.165) is 38.5 Å². The van der Waals surface area contributed by atoms with Crippen LogP contribution in [0, 0.1) is 46.3 Å². The molecule has 0 amide bonds. The van der Waals surface area contributed by atoms with E-state index in [2.05, 4.69) is 19.9 Å². The topological polar surface area (TPSA) is 74.6 Å². The summed E-state index contributed by atoms with van der Waals surface area (Å²) in [5.74, 6) is 1.75. The molecule has 0 aromatic heterocycles. The minimum Gasteiger partial charge on any atom is -0.396 e. The van der Waals surface area contributed by atoms with Crippen molar-refractivity contribution in [3.8, 4) is 0 Å². The number of allylic oxidation sites excluding steroid dienone is 1. The van der Waals surface area contributed by atoms with Crippen molar-refractivity contribution in [1.82, 2.24) is 0 Å². The third-order valence-electron chi connectivity index (χ3n) is 10.2. The molecule has 4 nitrogen and oxygen atoms in total. The van der Waals surface area contributed by atoms with E-state index in [-0.39, 0.29) is 47.1 Å². The summed E-state index contributed by atoms with van der Waals surface area (Å²) in [4.78, 5) is 26.3. The van der Waals surface area contributed by atoms with Crippen LogP contribution in [0.2, 0.25) is 0 Å². The second kappa shape index (κ2) is 8.41. The van der Waals surface area contributed by atoms with Crippen molar-refractivity contribution in [3.63, 3.8) is 0 Å². The van der Waals surface area contributed by atoms with Gasteiger partial charge < -0.3 is 10.2 Å². The first kappa shape index (κ1) is 23.2. The summed E-state index contributed by atoms with van der Waals surface area (Å²) in [6, 6.07) is 0. The first-order chi connectivity index (χ1) is 14.6. The van der Waals surface area contributed by atoms with Crippen LogP contribution in [0.4, 0.5) is 0 Å². The predicted molar refractivity (Wildman–Crippen MR) is 121 cm³/mol. The largest absolute Gasteiger partial charge is 0.396 e. The highest BCUT2D eigenvalue weighted by atomic mass is 16.3. The van der Waals surface area contributed by atoms with E-state index in [1.54, 1.807) is 0 Å².